The van der Waals surface area contributed by atoms with Gasteiger partial charge in [0.25, 0.3) is 0 Å². The number of hydrogen-bond acceptors (Lipinski definition) is 3. The van der Waals surface area contributed by atoms with Crippen molar-refractivity contribution in [2.75, 3.05) is 6.61 Å². The summed E-state index contributed by atoms with van der Waals surface area (Å²) >= 11 is 0. The van der Waals surface area contributed by atoms with E-state index in [1.807, 2.05) is 0 Å². The third kappa shape index (κ3) is 2.51. The van der Waals surface area contributed by atoms with Crippen molar-refractivity contribution in [2.24, 2.45) is 28.1 Å². The van der Waals surface area contributed by atoms with Crippen molar-refractivity contribution in [3.05, 3.63) is 11.6 Å². The Hall–Kier alpha value is -0.380. The van der Waals surface area contributed by atoms with Crippen LogP contribution in [0.2, 0.25) is 0 Å². The van der Waals surface area contributed by atoms with Gasteiger partial charge in [0.15, 0.2) is 0 Å². The molecule has 0 bridgehead atoms. The maximum absolute atomic E-state index is 10.5. The van der Waals surface area contributed by atoms with Crippen LogP contribution in [-0.2, 0) is 0 Å². The van der Waals surface area contributed by atoms with Crippen LogP contribution in [-0.4, -0.2) is 34.1 Å². The van der Waals surface area contributed by atoms with Crippen LogP contribution < -0.4 is 0 Å². The fourth-order valence-electron chi connectivity index (χ4n) is 6.15. The van der Waals surface area contributed by atoms with Crippen LogP contribution in [0.3, 0.4) is 0 Å². The van der Waals surface area contributed by atoms with E-state index in [1.165, 1.54) is 5.57 Å². The van der Waals surface area contributed by atoms with Gasteiger partial charge in [-0.25, -0.2) is 0 Å². The second kappa shape index (κ2) is 5.57. The van der Waals surface area contributed by atoms with Gasteiger partial charge in [0.2, 0.25) is 0 Å². The van der Waals surface area contributed by atoms with Gasteiger partial charge in [-0.2, -0.15) is 0 Å². The van der Waals surface area contributed by atoms with Gasteiger partial charge in [0.05, 0.1) is 18.8 Å². The molecule has 3 aliphatic rings. The first kappa shape index (κ1) is 17.4. The molecule has 23 heavy (non-hydrogen) atoms. The fraction of sp³-hybridized carbons (Fsp3) is 0.900. The molecule has 0 saturated heterocycles. The Balaban J connectivity index is 1.90. The van der Waals surface area contributed by atoms with Crippen molar-refractivity contribution in [3.8, 4) is 0 Å². The predicted molar refractivity (Wildman–Crippen MR) is 91.9 cm³/mol. The van der Waals surface area contributed by atoms with E-state index in [0.29, 0.717) is 11.8 Å². The second-order valence-corrected chi connectivity index (χ2v) is 9.57. The van der Waals surface area contributed by atoms with E-state index in [9.17, 15) is 15.3 Å². The quantitative estimate of drug-likeness (QED) is 0.684. The molecule has 2 fully saturated rings. The maximum atomic E-state index is 10.5. The summed E-state index contributed by atoms with van der Waals surface area (Å²) in [5.41, 5.74) is 1.54. The summed E-state index contributed by atoms with van der Waals surface area (Å²) in [6.07, 6.45) is 7.60. The Labute approximate surface area is 140 Å². The average Bonchev–Trinajstić information content (AvgIpc) is 2.50. The summed E-state index contributed by atoms with van der Waals surface area (Å²) in [4.78, 5) is 0. The number of allylic oxidation sites excluding steroid dienone is 2. The van der Waals surface area contributed by atoms with Crippen molar-refractivity contribution in [1.29, 1.82) is 0 Å². The average molecular weight is 322 g/mol. The van der Waals surface area contributed by atoms with E-state index in [-0.39, 0.29) is 29.0 Å². The number of hydrogen-bond donors (Lipinski definition) is 3. The molecular formula is C20H34O3. The molecule has 3 heteroatoms. The molecule has 3 N–H and O–H groups in total. The molecule has 0 unspecified atom stereocenters. The van der Waals surface area contributed by atoms with Crippen LogP contribution in [0, 0.1) is 28.1 Å². The lowest BCUT2D eigenvalue weighted by atomic mass is 9.45. The van der Waals surface area contributed by atoms with E-state index in [0.717, 1.165) is 38.5 Å². The highest BCUT2D eigenvalue weighted by molar-refractivity contribution is 5.24. The van der Waals surface area contributed by atoms with Crippen LogP contribution >= 0.6 is 0 Å². The molecule has 3 nitrogen and oxygen atoms in total. The summed E-state index contributed by atoms with van der Waals surface area (Å²) in [5, 5.41) is 30.1. The van der Waals surface area contributed by atoms with Crippen LogP contribution in [0.25, 0.3) is 0 Å². The van der Waals surface area contributed by atoms with Gasteiger partial charge in [-0.05, 0) is 66.6 Å². The maximum Gasteiger partial charge on any atom is 0.0827 e. The lowest BCUT2D eigenvalue weighted by Crippen LogP contribution is -2.55. The lowest BCUT2D eigenvalue weighted by Gasteiger charge is -2.60. The van der Waals surface area contributed by atoms with E-state index in [4.69, 9.17) is 0 Å². The largest absolute Gasteiger partial charge is 0.394 e. The highest BCUT2D eigenvalue weighted by atomic mass is 16.3. The topological polar surface area (TPSA) is 60.7 Å². The first-order chi connectivity index (χ1) is 10.6. The Bertz CT molecular complexity index is 497. The first-order valence-corrected chi connectivity index (χ1v) is 9.31. The van der Waals surface area contributed by atoms with E-state index >= 15 is 0 Å². The molecule has 0 aliphatic heterocycles. The van der Waals surface area contributed by atoms with Crippen LogP contribution in [0.5, 0.6) is 0 Å². The predicted octanol–water partition coefficient (Wildman–Crippen LogP) is 3.28. The van der Waals surface area contributed by atoms with Crippen molar-refractivity contribution in [2.45, 2.75) is 78.4 Å². The molecule has 132 valence electrons. The summed E-state index contributed by atoms with van der Waals surface area (Å²) in [6.45, 7) is 8.89. The zero-order valence-corrected chi connectivity index (χ0v) is 15.2. The van der Waals surface area contributed by atoms with Gasteiger partial charge in [-0.15, -0.1) is 0 Å². The molecule has 3 aliphatic carbocycles. The summed E-state index contributed by atoms with van der Waals surface area (Å²) in [7, 11) is 0. The minimum Gasteiger partial charge on any atom is -0.394 e. The number of fused-ring (bicyclic) bond motifs is 3. The van der Waals surface area contributed by atoms with Gasteiger partial charge < -0.3 is 15.3 Å². The molecule has 0 aromatic rings. The van der Waals surface area contributed by atoms with Gasteiger partial charge >= 0.3 is 0 Å². The van der Waals surface area contributed by atoms with E-state index in [1.54, 1.807) is 0 Å². The Kier molecular flexibility index (Phi) is 4.23. The summed E-state index contributed by atoms with van der Waals surface area (Å²) in [6, 6.07) is 0. The smallest absolute Gasteiger partial charge is 0.0827 e. The number of rotatable bonds is 2. The standard InChI is InChI=1S/C20H34O3/c1-18(2)15-6-5-13-11-19(3,17(23)12-21)9-7-14(13)20(15,4)10-8-16(18)22/h5,14-17,21-23H,6-12H2,1-4H3/t14-,15-,16+,17+,19+,20+/m1/s1. The second-order valence-electron chi connectivity index (χ2n) is 9.57. The van der Waals surface area contributed by atoms with Crippen molar-refractivity contribution >= 4 is 0 Å². The van der Waals surface area contributed by atoms with Crippen molar-refractivity contribution in [1.82, 2.24) is 0 Å². The Morgan fingerprint density at radius 1 is 1.17 bits per heavy atom. The lowest BCUT2D eigenvalue weighted by molar-refractivity contribution is -0.125. The monoisotopic (exact) mass is 322 g/mol. The van der Waals surface area contributed by atoms with E-state index in [2.05, 4.69) is 33.8 Å². The highest BCUT2D eigenvalue weighted by Crippen LogP contribution is 2.63. The van der Waals surface area contributed by atoms with Gasteiger partial charge in [0, 0.05) is 0 Å². The van der Waals surface area contributed by atoms with E-state index < -0.39 is 6.10 Å². The normalized spacial score (nSPS) is 47.3. The molecular weight excluding hydrogens is 288 g/mol. The molecule has 0 heterocycles. The van der Waals surface area contributed by atoms with Crippen LogP contribution in [0.15, 0.2) is 11.6 Å². The van der Waals surface area contributed by atoms with Gasteiger partial charge in [0.1, 0.15) is 0 Å². The first-order valence-electron chi connectivity index (χ1n) is 9.31. The molecule has 0 spiro atoms. The zero-order chi connectivity index (χ0) is 17.0. The van der Waals surface area contributed by atoms with Crippen molar-refractivity contribution < 1.29 is 15.3 Å². The fourth-order valence-corrected chi connectivity index (χ4v) is 6.15. The zero-order valence-electron chi connectivity index (χ0n) is 15.2. The molecule has 3 rings (SSSR count). The summed E-state index contributed by atoms with van der Waals surface area (Å²) in [5.74, 6) is 1.10. The molecule has 6 atom stereocenters. The minimum absolute atomic E-state index is 0.0274. The summed E-state index contributed by atoms with van der Waals surface area (Å²) < 4.78 is 0. The molecule has 0 amide bonds. The number of aliphatic hydroxyl groups excluding tert-OH is 3. The third-order valence-electron chi connectivity index (χ3n) is 7.96. The SMILES string of the molecule is CC1(C)[C@H]2CC=C3C[C@@](C)([C@@H](O)CO)CC[C@H]3[C@]2(C)CC[C@@H]1O. The molecule has 0 aromatic carbocycles. The van der Waals surface area contributed by atoms with Crippen molar-refractivity contribution in [3.63, 3.8) is 0 Å². The third-order valence-corrected chi connectivity index (χ3v) is 7.96. The Morgan fingerprint density at radius 2 is 1.87 bits per heavy atom. The highest BCUT2D eigenvalue weighted by Gasteiger charge is 2.57. The van der Waals surface area contributed by atoms with Crippen LogP contribution in [0.4, 0.5) is 0 Å². The molecule has 2 saturated carbocycles. The molecule has 0 aromatic heterocycles. The molecule has 0 radical (unpaired) electrons. The minimum atomic E-state index is -0.625. The van der Waals surface area contributed by atoms with Gasteiger partial charge in [-0.3, -0.25) is 0 Å². The van der Waals surface area contributed by atoms with Crippen LogP contribution in [0.1, 0.15) is 66.2 Å². The Morgan fingerprint density at radius 3 is 2.52 bits per heavy atom. The van der Waals surface area contributed by atoms with Gasteiger partial charge in [-0.1, -0.05) is 39.3 Å². The number of aliphatic hydroxyl groups is 3.